The van der Waals surface area contributed by atoms with Crippen molar-refractivity contribution in [1.29, 1.82) is 0 Å². The molecule has 14 nitrogen and oxygen atoms in total. The third kappa shape index (κ3) is 5.79. The van der Waals surface area contributed by atoms with E-state index in [0.717, 1.165) is 25.7 Å². The summed E-state index contributed by atoms with van der Waals surface area (Å²) in [5, 5.41) is 3.37. The lowest BCUT2D eigenvalue weighted by Gasteiger charge is -2.47. The zero-order valence-electron chi connectivity index (χ0n) is 19.7. The quantitative estimate of drug-likeness (QED) is 0.0898. The number of benzene rings is 1. The molecule has 0 radical (unpaired) electrons. The monoisotopic (exact) mass is 504 g/mol. The number of imide groups is 1. The molecular weight excluding hydrogens is 480 g/mol. The first-order valence-electron chi connectivity index (χ1n) is 10.9. The molecule has 192 valence electrons. The lowest BCUT2D eigenvalue weighted by Crippen LogP contribution is -2.67. The van der Waals surface area contributed by atoms with Crippen molar-refractivity contribution in [1.82, 2.24) is 4.90 Å². The maximum absolute atomic E-state index is 13.3. The van der Waals surface area contributed by atoms with Crippen LogP contribution in [0.3, 0.4) is 0 Å². The van der Waals surface area contributed by atoms with E-state index in [0.29, 0.717) is 0 Å². The Morgan fingerprint density at radius 3 is 2.11 bits per heavy atom. The van der Waals surface area contributed by atoms with E-state index in [2.05, 4.69) is 10.0 Å². The van der Waals surface area contributed by atoms with Crippen molar-refractivity contribution in [2.24, 2.45) is 5.11 Å². The number of fused-ring (bicyclic) bond motifs is 1. The van der Waals surface area contributed by atoms with E-state index < -0.39 is 67.0 Å². The molecule has 0 spiro atoms. The molecule has 1 aromatic rings. The van der Waals surface area contributed by atoms with Crippen molar-refractivity contribution in [3.63, 3.8) is 0 Å². The summed E-state index contributed by atoms with van der Waals surface area (Å²) < 4.78 is 27.5. The smallest absolute Gasteiger partial charge is 0.303 e. The minimum Gasteiger partial charge on any atom is -0.463 e. The number of amides is 2. The van der Waals surface area contributed by atoms with Gasteiger partial charge in [0.15, 0.2) is 18.5 Å². The molecule has 14 heteroatoms. The Labute approximate surface area is 205 Å². The highest BCUT2D eigenvalue weighted by atomic mass is 16.7. The lowest BCUT2D eigenvalue weighted by atomic mass is 9.94. The molecule has 5 atom stereocenters. The highest BCUT2D eigenvalue weighted by Gasteiger charge is 2.57. The average Bonchev–Trinajstić information content (AvgIpc) is 3.06. The molecule has 0 aromatic heterocycles. The summed E-state index contributed by atoms with van der Waals surface area (Å²) in [5.41, 5.74) is 8.77. The molecule has 0 unspecified atom stereocenters. The fourth-order valence-electron chi connectivity index (χ4n) is 4.03. The molecule has 2 aliphatic rings. The Bertz CT molecular complexity index is 1070. The zero-order chi connectivity index (χ0) is 26.4. The molecule has 2 heterocycles. The van der Waals surface area contributed by atoms with Gasteiger partial charge in [0.2, 0.25) is 0 Å². The van der Waals surface area contributed by atoms with Crippen LogP contribution >= 0.6 is 0 Å². The number of carbonyl (C=O) groups excluding carboxylic acids is 5. The van der Waals surface area contributed by atoms with E-state index in [1.165, 1.54) is 12.1 Å². The number of carbonyl (C=O) groups is 5. The normalized spacial score (nSPS) is 25.0. The molecule has 3 rings (SSSR count). The topological polar surface area (TPSA) is 183 Å². The number of azide groups is 1. The first-order chi connectivity index (χ1) is 17.1. The third-order valence-electron chi connectivity index (χ3n) is 5.33. The molecule has 36 heavy (non-hydrogen) atoms. The van der Waals surface area contributed by atoms with Gasteiger partial charge in [-0.1, -0.05) is 17.2 Å². The Hall–Kier alpha value is -4.00. The second-order valence-corrected chi connectivity index (χ2v) is 7.84. The fraction of sp³-hybridized carbons (Fsp3) is 0.500. The van der Waals surface area contributed by atoms with Gasteiger partial charge in [-0.3, -0.25) is 28.9 Å². The minimum absolute atomic E-state index is 0.114. The molecule has 0 N–H and O–H groups in total. The maximum Gasteiger partial charge on any atom is 0.303 e. The van der Waals surface area contributed by atoms with Crippen LogP contribution in [0, 0.1) is 0 Å². The van der Waals surface area contributed by atoms with Gasteiger partial charge < -0.3 is 23.7 Å². The minimum atomic E-state index is -1.45. The van der Waals surface area contributed by atoms with Crippen LogP contribution < -0.4 is 0 Å². The largest absolute Gasteiger partial charge is 0.463 e. The Morgan fingerprint density at radius 2 is 1.58 bits per heavy atom. The van der Waals surface area contributed by atoms with Crippen molar-refractivity contribution in [2.75, 3.05) is 19.8 Å². The Kier molecular flexibility index (Phi) is 8.59. The van der Waals surface area contributed by atoms with Crippen LogP contribution in [-0.4, -0.2) is 85.0 Å². The number of rotatable bonds is 9. The van der Waals surface area contributed by atoms with Crippen LogP contribution in [0.15, 0.2) is 29.4 Å². The van der Waals surface area contributed by atoms with Gasteiger partial charge in [0.05, 0.1) is 17.7 Å². The summed E-state index contributed by atoms with van der Waals surface area (Å²) >= 11 is 0. The predicted octanol–water partition coefficient (Wildman–Crippen LogP) is 1.13. The highest BCUT2D eigenvalue weighted by molar-refractivity contribution is 6.21. The second-order valence-electron chi connectivity index (χ2n) is 7.84. The Morgan fingerprint density at radius 1 is 1.00 bits per heavy atom. The average molecular weight is 504 g/mol. The SMILES string of the molecule is CC(=O)OC[C@H]1O[C@@H](OCCN=[N+]=[N-])[C@H](N2C(=O)c3ccccc3C2=O)[C@@H](OC(C)=O)[C@@H]1OC(C)=O. The highest BCUT2D eigenvalue weighted by Crippen LogP contribution is 2.35. The van der Waals surface area contributed by atoms with E-state index >= 15 is 0 Å². The van der Waals surface area contributed by atoms with Crippen molar-refractivity contribution < 1.29 is 47.7 Å². The van der Waals surface area contributed by atoms with Gasteiger partial charge in [-0.05, 0) is 17.7 Å². The third-order valence-corrected chi connectivity index (χ3v) is 5.33. The van der Waals surface area contributed by atoms with Crippen LogP contribution in [0.1, 0.15) is 41.5 Å². The number of esters is 3. The molecule has 1 fully saturated rings. The van der Waals surface area contributed by atoms with Gasteiger partial charge >= 0.3 is 17.9 Å². The Balaban J connectivity index is 2.07. The van der Waals surface area contributed by atoms with Gasteiger partial charge in [0.25, 0.3) is 11.8 Å². The van der Waals surface area contributed by atoms with Crippen LogP contribution in [0.25, 0.3) is 10.4 Å². The standard InChI is InChI=1S/C22H24N4O10/c1-11(27)33-10-16-18(34-12(2)28)19(35-13(3)29)17(22(36-16)32-9-8-24-25-23)26-20(30)14-6-4-5-7-15(14)21(26)31/h4-7,16-19,22H,8-10H2,1-3H3/t16-,17-,18-,19-,22-/m1/s1. The van der Waals surface area contributed by atoms with Gasteiger partial charge in [0.1, 0.15) is 18.8 Å². The predicted molar refractivity (Wildman–Crippen MR) is 117 cm³/mol. The van der Waals surface area contributed by atoms with Crippen LogP contribution in [0.5, 0.6) is 0 Å². The van der Waals surface area contributed by atoms with Crippen molar-refractivity contribution in [3.05, 3.63) is 45.8 Å². The van der Waals surface area contributed by atoms with Crippen molar-refractivity contribution in [3.8, 4) is 0 Å². The van der Waals surface area contributed by atoms with E-state index in [4.69, 9.17) is 29.2 Å². The number of nitrogens with zero attached hydrogens (tertiary/aromatic N) is 4. The molecule has 2 aliphatic heterocycles. The zero-order valence-corrected chi connectivity index (χ0v) is 19.7. The summed E-state index contributed by atoms with van der Waals surface area (Å²) in [4.78, 5) is 65.5. The summed E-state index contributed by atoms with van der Waals surface area (Å²) in [5.74, 6) is -3.65. The summed E-state index contributed by atoms with van der Waals surface area (Å²) in [7, 11) is 0. The van der Waals surface area contributed by atoms with Crippen LogP contribution in [0.4, 0.5) is 0 Å². The lowest BCUT2D eigenvalue weighted by molar-refractivity contribution is -0.285. The fourth-order valence-corrected chi connectivity index (χ4v) is 4.03. The molecule has 1 saturated heterocycles. The van der Waals surface area contributed by atoms with Gasteiger partial charge in [0, 0.05) is 32.2 Å². The first kappa shape index (κ1) is 26.6. The second kappa shape index (κ2) is 11.6. The number of hydrogen-bond donors (Lipinski definition) is 0. The number of ether oxygens (including phenoxy) is 5. The van der Waals surface area contributed by atoms with E-state index in [9.17, 15) is 24.0 Å². The molecule has 0 bridgehead atoms. The van der Waals surface area contributed by atoms with Crippen molar-refractivity contribution >= 4 is 29.7 Å². The molecule has 0 aliphatic carbocycles. The van der Waals surface area contributed by atoms with E-state index in [1.807, 2.05) is 0 Å². The summed E-state index contributed by atoms with van der Waals surface area (Å²) in [6.07, 6.45) is -5.46. The van der Waals surface area contributed by atoms with Gasteiger partial charge in [-0.25, -0.2) is 0 Å². The summed E-state index contributed by atoms with van der Waals surface area (Å²) in [6, 6.07) is 4.68. The van der Waals surface area contributed by atoms with Crippen LogP contribution in [0.2, 0.25) is 0 Å². The first-order valence-corrected chi connectivity index (χ1v) is 10.9. The van der Waals surface area contributed by atoms with E-state index in [1.54, 1.807) is 12.1 Å². The molecule has 2 amide bonds. The number of hydrogen-bond acceptors (Lipinski definition) is 11. The molecular formula is C22H24N4O10. The van der Waals surface area contributed by atoms with Gasteiger partial charge in [-0.2, -0.15) is 0 Å². The van der Waals surface area contributed by atoms with E-state index in [-0.39, 0.29) is 24.3 Å². The molecule has 0 saturated carbocycles. The van der Waals surface area contributed by atoms with Crippen LogP contribution in [-0.2, 0) is 38.1 Å². The molecule has 1 aromatic carbocycles. The van der Waals surface area contributed by atoms with Gasteiger partial charge in [-0.15, -0.1) is 0 Å². The summed E-state index contributed by atoms with van der Waals surface area (Å²) in [6.45, 7) is 2.62. The van der Waals surface area contributed by atoms with Crippen molar-refractivity contribution in [2.45, 2.75) is 51.4 Å². The maximum atomic E-state index is 13.3.